The molecular formula is C22H29FN4O4. The Labute approximate surface area is 181 Å². The summed E-state index contributed by atoms with van der Waals surface area (Å²) in [6.07, 6.45) is 1.40. The van der Waals surface area contributed by atoms with Crippen molar-refractivity contribution < 1.29 is 23.5 Å². The van der Waals surface area contributed by atoms with Gasteiger partial charge in [-0.1, -0.05) is 17.3 Å². The van der Waals surface area contributed by atoms with E-state index in [1.54, 1.807) is 64.6 Å². The lowest BCUT2D eigenvalue weighted by atomic mass is 10.1. The highest BCUT2D eigenvalue weighted by atomic mass is 19.1. The van der Waals surface area contributed by atoms with Crippen molar-refractivity contribution in [2.75, 3.05) is 6.54 Å². The lowest BCUT2D eigenvalue weighted by molar-refractivity contribution is -0.160. The maximum Gasteiger partial charge on any atom is 0.411 e. The number of carbonyl (C=O) groups excluding carboxylic acids is 2. The van der Waals surface area contributed by atoms with E-state index < -0.39 is 29.3 Å². The van der Waals surface area contributed by atoms with Crippen molar-refractivity contribution in [3.63, 3.8) is 0 Å². The summed E-state index contributed by atoms with van der Waals surface area (Å²) in [6, 6.07) is 4.96. The normalized spacial score (nSPS) is 19.4. The monoisotopic (exact) mass is 432 g/mol. The molecule has 168 valence electrons. The van der Waals surface area contributed by atoms with Gasteiger partial charge in [-0.05, 0) is 53.7 Å². The summed E-state index contributed by atoms with van der Waals surface area (Å²) in [4.78, 5) is 27.0. The Morgan fingerprint density at radius 1 is 1.10 bits per heavy atom. The van der Waals surface area contributed by atoms with E-state index in [9.17, 15) is 14.0 Å². The largest absolute Gasteiger partial charge is 0.458 e. The maximum atomic E-state index is 13.5. The van der Waals surface area contributed by atoms with Gasteiger partial charge in [-0.2, -0.15) is 0 Å². The minimum Gasteiger partial charge on any atom is -0.458 e. The molecule has 2 heterocycles. The molecule has 1 saturated heterocycles. The predicted molar refractivity (Wildman–Crippen MR) is 112 cm³/mol. The zero-order chi connectivity index (χ0) is 23.0. The van der Waals surface area contributed by atoms with Crippen molar-refractivity contribution in [2.45, 2.75) is 71.2 Å². The molecule has 2 aromatic rings. The van der Waals surface area contributed by atoms with Crippen molar-refractivity contribution in [3.05, 3.63) is 36.3 Å². The molecule has 31 heavy (non-hydrogen) atoms. The second kappa shape index (κ2) is 8.28. The lowest BCUT2D eigenvalue weighted by Gasteiger charge is -2.29. The van der Waals surface area contributed by atoms with Crippen molar-refractivity contribution in [1.82, 2.24) is 19.9 Å². The summed E-state index contributed by atoms with van der Waals surface area (Å²) in [5.74, 6) is -0.861. The van der Waals surface area contributed by atoms with Gasteiger partial charge in [-0.25, -0.2) is 18.7 Å². The number of rotatable bonds is 3. The molecule has 0 spiro atoms. The first-order valence-corrected chi connectivity index (χ1v) is 10.2. The zero-order valence-electron chi connectivity index (χ0n) is 18.8. The summed E-state index contributed by atoms with van der Waals surface area (Å²) in [5.41, 5.74) is -0.293. The predicted octanol–water partition coefficient (Wildman–Crippen LogP) is 3.98. The molecule has 0 bridgehead atoms. The first-order chi connectivity index (χ1) is 14.3. The average molecular weight is 432 g/mol. The molecule has 1 fully saturated rings. The number of carbonyl (C=O) groups is 2. The number of halogens is 1. The second-order valence-corrected chi connectivity index (χ2v) is 9.67. The molecule has 3 rings (SSSR count). The van der Waals surface area contributed by atoms with Crippen LogP contribution in [0.3, 0.4) is 0 Å². The van der Waals surface area contributed by atoms with E-state index in [-0.39, 0.29) is 18.4 Å². The Balaban J connectivity index is 1.84. The summed E-state index contributed by atoms with van der Waals surface area (Å²) < 4.78 is 26.2. The van der Waals surface area contributed by atoms with Crippen molar-refractivity contribution in [2.24, 2.45) is 0 Å². The van der Waals surface area contributed by atoms with Gasteiger partial charge in [-0.3, -0.25) is 4.90 Å². The lowest BCUT2D eigenvalue weighted by Crippen LogP contribution is -2.45. The fourth-order valence-corrected chi connectivity index (χ4v) is 3.36. The van der Waals surface area contributed by atoms with Gasteiger partial charge in [0, 0.05) is 18.5 Å². The first kappa shape index (κ1) is 22.7. The number of benzene rings is 1. The molecule has 0 radical (unpaired) electrons. The van der Waals surface area contributed by atoms with E-state index in [1.807, 2.05) is 0 Å². The molecular weight excluding hydrogens is 403 g/mol. The number of amides is 1. The maximum absolute atomic E-state index is 13.5. The van der Waals surface area contributed by atoms with Gasteiger partial charge in [0.05, 0.1) is 12.2 Å². The number of esters is 1. The molecule has 9 heteroatoms. The van der Waals surface area contributed by atoms with Gasteiger partial charge in [0.15, 0.2) is 0 Å². The Morgan fingerprint density at radius 2 is 1.77 bits per heavy atom. The molecule has 2 atom stereocenters. The SMILES string of the molecule is CC(C)(C)OC(=O)[C@@H]1C[C@H](n2cc(-c3cccc(F)c3)nn2)CN1C(=O)OC(C)(C)C. The van der Waals surface area contributed by atoms with E-state index in [4.69, 9.17) is 9.47 Å². The second-order valence-electron chi connectivity index (χ2n) is 9.67. The minimum absolute atomic E-state index is 0.213. The van der Waals surface area contributed by atoms with Crippen LogP contribution in [0.25, 0.3) is 11.3 Å². The first-order valence-electron chi connectivity index (χ1n) is 10.2. The van der Waals surface area contributed by atoms with E-state index in [0.29, 0.717) is 17.7 Å². The fraction of sp³-hybridized carbons (Fsp3) is 0.545. The molecule has 0 aliphatic carbocycles. The smallest absolute Gasteiger partial charge is 0.411 e. The van der Waals surface area contributed by atoms with Crippen LogP contribution in [0.2, 0.25) is 0 Å². The van der Waals surface area contributed by atoms with Gasteiger partial charge in [0.25, 0.3) is 0 Å². The third-order valence-corrected chi connectivity index (χ3v) is 4.59. The quantitative estimate of drug-likeness (QED) is 0.682. The van der Waals surface area contributed by atoms with Crippen LogP contribution in [0.1, 0.15) is 54.0 Å². The van der Waals surface area contributed by atoms with E-state index >= 15 is 0 Å². The molecule has 8 nitrogen and oxygen atoms in total. The third kappa shape index (κ3) is 5.80. The Morgan fingerprint density at radius 3 is 2.39 bits per heavy atom. The van der Waals surface area contributed by atoms with Crippen LogP contribution in [0.4, 0.5) is 9.18 Å². The molecule has 1 amide bonds. The number of ether oxygens (including phenoxy) is 2. The van der Waals surface area contributed by atoms with Crippen LogP contribution in [0, 0.1) is 5.82 Å². The van der Waals surface area contributed by atoms with Crippen molar-refractivity contribution in [3.8, 4) is 11.3 Å². The van der Waals surface area contributed by atoms with Gasteiger partial charge >= 0.3 is 12.1 Å². The van der Waals surface area contributed by atoms with E-state index in [2.05, 4.69) is 10.3 Å². The van der Waals surface area contributed by atoms with E-state index in [0.717, 1.165) is 0 Å². The summed E-state index contributed by atoms with van der Waals surface area (Å²) in [6.45, 7) is 10.8. The number of likely N-dealkylation sites (tertiary alicyclic amines) is 1. The van der Waals surface area contributed by atoms with Gasteiger partial charge in [-0.15, -0.1) is 5.10 Å². The van der Waals surface area contributed by atoms with Crippen LogP contribution < -0.4 is 0 Å². The summed E-state index contributed by atoms with van der Waals surface area (Å²) >= 11 is 0. The minimum atomic E-state index is -0.805. The van der Waals surface area contributed by atoms with Crippen LogP contribution in [-0.2, 0) is 14.3 Å². The van der Waals surface area contributed by atoms with Gasteiger partial charge in [0.1, 0.15) is 28.8 Å². The fourth-order valence-electron chi connectivity index (χ4n) is 3.36. The highest BCUT2D eigenvalue weighted by molar-refractivity contribution is 5.82. The molecule has 1 aliphatic heterocycles. The molecule has 0 saturated carbocycles. The molecule has 0 unspecified atom stereocenters. The Kier molecular flexibility index (Phi) is 6.07. The number of hydrogen-bond acceptors (Lipinski definition) is 6. The average Bonchev–Trinajstić information content (AvgIpc) is 3.26. The number of nitrogens with zero attached hydrogens (tertiary/aromatic N) is 4. The highest BCUT2D eigenvalue weighted by Gasteiger charge is 2.44. The number of hydrogen-bond donors (Lipinski definition) is 0. The molecule has 1 aromatic heterocycles. The highest BCUT2D eigenvalue weighted by Crippen LogP contribution is 2.31. The zero-order valence-corrected chi connectivity index (χ0v) is 18.8. The van der Waals surface area contributed by atoms with Gasteiger partial charge in [0.2, 0.25) is 0 Å². The van der Waals surface area contributed by atoms with Crippen LogP contribution in [-0.4, -0.2) is 55.7 Å². The number of aromatic nitrogens is 3. The van der Waals surface area contributed by atoms with E-state index in [1.165, 1.54) is 17.0 Å². The summed E-state index contributed by atoms with van der Waals surface area (Å²) in [7, 11) is 0. The standard InChI is InChI=1S/C22H29FN4O4/c1-21(2,3)30-19(28)18-11-16(12-26(18)20(29)31-22(4,5)6)27-13-17(24-25-27)14-8-7-9-15(23)10-14/h7-10,13,16,18H,11-12H2,1-6H3/t16-,18-/m0/s1. The van der Waals surface area contributed by atoms with Gasteiger partial charge < -0.3 is 9.47 Å². The molecule has 0 N–H and O–H groups in total. The summed E-state index contributed by atoms with van der Waals surface area (Å²) in [5, 5.41) is 8.28. The topological polar surface area (TPSA) is 86.6 Å². The van der Waals surface area contributed by atoms with Crippen LogP contribution >= 0.6 is 0 Å². The van der Waals surface area contributed by atoms with Crippen LogP contribution in [0.15, 0.2) is 30.5 Å². The Bertz CT molecular complexity index is 925. The molecule has 1 aliphatic rings. The Hall–Kier alpha value is -2.97. The van der Waals surface area contributed by atoms with Crippen molar-refractivity contribution in [1.29, 1.82) is 0 Å². The molecule has 1 aromatic carbocycles. The van der Waals surface area contributed by atoms with Crippen LogP contribution in [0.5, 0.6) is 0 Å². The van der Waals surface area contributed by atoms with Crippen molar-refractivity contribution >= 4 is 12.1 Å². The third-order valence-electron chi connectivity index (χ3n) is 4.59.